The van der Waals surface area contributed by atoms with Gasteiger partial charge in [-0.05, 0) is 89.0 Å². The normalized spacial score (nSPS) is 14.2. The number of rotatable bonds is 48. The molecule has 11 atom stereocenters. The highest BCUT2D eigenvalue weighted by atomic mass is 16.4. The van der Waals surface area contributed by atoms with E-state index in [0.29, 0.717) is 5.56 Å². The topological polar surface area (TPSA) is 715 Å². The van der Waals surface area contributed by atoms with Crippen molar-refractivity contribution in [1.82, 2.24) is 47.9 Å². The third kappa shape index (κ3) is 36.5. The average Bonchev–Trinajstić information content (AvgIpc) is 0.896. The van der Waals surface area contributed by atoms with Crippen LogP contribution in [0.3, 0.4) is 0 Å². The lowest BCUT2D eigenvalue weighted by atomic mass is 10.00. The molecular weight excluding hydrogens is 1280 g/mol. The molecule has 0 bridgehead atoms. The van der Waals surface area contributed by atoms with Gasteiger partial charge >= 0.3 is 23.9 Å². The number of benzene rings is 1. The van der Waals surface area contributed by atoms with Crippen LogP contribution in [0.25, 0.3) is 0 Å². The molecule has 0 spiro atoms. The number of amides is 9. The zero-order valence-corrected chi connectivity index (χ0v) is 54.3. The van der Waals surface area contributed by atoms with Gasteiger partial charge in [-0.3, -0.25) is 77.5 Å². The number of nitrogens with zero attached hydrogens (tertiary/aromatic N) is 4. The lowest BCUT2D eigenvalue weighted by Gasteiger charge is -2.29. The molecule has 9 amide bonds. The number of carboxylic acids is 4. The highest BCUT2D eigenvalue weighted by Crippen LogP contribution is 2.13. The minimum absolute atomic E-state index is 0.0198. The van der Waals surface area contributed by atoms with E-state index >= 15 is 0 Å². The fraction of sp³-hybridized carbons (Fsp3) is 0.596. The van der Waals surface area contributed by atoms with Crippen LogP contribution in [0.1, 0.15) is 116 Å². The first-order valence-electron chi connectivity index (χ1n) is 30.8. The van der Waals surface area contributed by atoms with Crippen molar-refractivity contribution in [3.05, 3.63) is 35.9 Å². The Balaban J connectivity index is 3.81. The molecule has 0 saturated heterocycles. The van der Waals surface area contributed by atoms with E-state index in [1.165, 1.54) is 0 Å². The van der Waals surface area contributed by atoms with Crippen molar-refractivity contribution in [2.24, 2.45) is 77.5 Å². The molecule has 0 heterocycles. The van der Waals surface area contributed by atoms with Gasteiger partial charge in [-0.2, -0.15) is 0 Å². The molecule has 0 radical (unpaired) electrons. The maximum absolute atomic E-state index is 14.5. The van der Waals surface area contributed by atoms with Crippen LogP contribution in [0.15, 0.2) is 50.3 Å². The number of hydrogen-bond acceptors (Lipinski definition) is 19. The van der Waals surface area contributed by atoms with E-state index in [1.807, 2.05) is 0 Å². The maximum atomic E-state index is 14.5. The van der Waals surface area contributed by atoms with Crippen molar-refractivity contribution in [3.63, 3.8) is 0 Å². The summed E-state index contributed by atoms with van der Waals surface area (Å²) in [6.07, 6.45) is -6.49. The number of guanidine groups is 4. The summed E-state index contributed by atoms with van der Waals surface area (Å²) < 4.78 is 0. The molecule has 0 fully saturated rings. The third-order valence-electron chi connectivity index (χ3n) is 13.9. The summed E-state index contributed by atoms with van der Waals surface area (Å²) in [5.74, 6) is -17.6. The van der Waals surface area contributed by atoms with E-state index < -0.39 is 182 Å². The van der Waals surface area contributed by atoms with Gasteiger partial charge in [-0.15, -0.1) is 0 Å². The molecule has 40 nitrogen and oxygen atoms in total. The Kier molecular flexibility index (Phi) is 39.0. The van der Waals surface area contributed by atoms with Crippen LogP contribution in [-0.2, 0) is 68.7 Å². The van der Waals surface area contributed by atoms with Gasteiger partial charge in [0, 0.05) is 45.4 Å². The maximum Gasteiger partial charge on any atom is 0.326 e. The number of aliphatic carboxylic acids is 4. The number of carbonyl (C=O) groups excluding carboxylic acids is 9. The average molecular weight is 1380 g/mol. The van der Waals surface area contributed by atoms with Crippen LogP contribution in [0.5, 0.6) is 0 Å². The number of hydrogen-bond donors (Lipinski definition) is 23. The van der Waals surface area contributed by atoms with Gasteiger partial charge in [0.1, 0.15) is 54.4 Å². The largest absolute Gasteiger partial charge is 0.481 e. The predicted octanol–water partition coefficient (Wildman–Crippen LogP) is -8.15. The van der Waals surface area contributed by atoms with Crippen LogP contribution in [0, 0.1) is 5.92 Å². The van der Waals surface area contributed by atoms with E-state index in [9.17, 15) is 82.8 Å². The molecular formula is C57H96N22O18. The van der Waals surface area contributed by atoms with Crippen LogP contribution in [0.4, 0.5) is 0 Å². The van der Waals surface area contributed by atoms with Gasteiger partial charge in [-0.25, -0.2) is 4.79 Å². The first kappa shape index (κ1) is 84.3. The molecule has 0 aliphatic rings. The van der Waals surface area contributed by atoms with Gasteiger partial charge in [-0.1, -0.05) is 44.2 Å². The smallest absolute Gasteiger partial charge is 0.326 e. The highest BCUT2D eigenvalue weighted by Gasteiger charge is 2.37. The zero-order valence-electron chi connectivity index (χ0n) is 54.3. The van der Waals surface area contributed by atoms with Crippen molar-refractivity contribution >= 4 is 101 Å². The Morgan fingerprint density at radius 1 is 0.392 bits per heavy atom. The summed E-state index contributed by atoms with van der Waals surface area (Å²) in [7, 11) is 0. The molecule has 32 N–H and O–H groups in total. The highest BCUT2D eigenvalue weighted by molar-refractivity contribution is 5.99. The van der Waals surface area contributed by atoms with E-state index in [-0.39, 0.29) is 114 Å². The van der Waals surface area contributed by atoms with E-state index in [2.05, 4.69) is 67.8 Å². The molecule has 542 valence electrons. The fourth-order valence-corrected chi connectivity index (χ4v) is 9.01. The molecule has 1 aromatic rings. The van der Waals surface area contributed by atoms with Crippen LogP contribution >= 0.6 is 0 Å². The quantitative estimate of drug-likeness (QED) is 0.0164. The summed E-state index contributed by atoms with van der Waals surface area (Å²) in [4.78, 5) is 190. The summed E-state index contributed by atoms with van der Waals surface area (Å²) in [6.45, 7) is 4.17. The first-order valence-corrected chi connectivity index (χ1v) is 30.8. The lowest BCUT2D eigenvalue weighted by molar-refractivity contribution is -0.144. The van der Waals surface area contributed by atoms with Crippen molar-refractivity contribution < 1.29 is 87.9 Å². The first-order chi connectivity index (χ1) is 45.5. The van der Waals surface area contributed by atoms with Gasteiger partial charge in [0.15, 0.2) is 23.8 Å². The molecule has 0 aliphatic heterocycles. The van der Waals surface area contributed by atoms with E-state index in [0.717, 1.165) is 6.92 Å². The van der Waals surface area contributed by atoms with E-state index in [4.69, 9.17) is 56.7 Å². The molecule has 97 heavy (non-hydrogen) atoms. The zero-order chi connectivity index (χ0) is 73.5. The van der Waals surface area contributed by atoms with Gasteiger partial charge in [0.2, 0.25) is 53.2 Å². The van der Waals surface area contributed by atoms with Crippen molar-refractivity contribution in [2.45, 2.75) is 184 Å². The third-order valence-corrected chi connectivity index (χ3v) is 13.9. The Hall–Kier alpha value is -10.7. The Labute approximate surface area is 558 Å². The summed E-state index contributed by atoms with van der Waals surface area (Å²) >= 11 is 0. The monoisotopic (exact) mass is 1380 g/mol. The number of aliphatic hydroxyl groups excluding tert-OH is 1. The van der Waals surface area contributed by atoms with Crippen molar-refractivity contribution in [2.75, 3.05) is 26.2 Å². The second-order valence-electron chi connectivity index (χ2n) is 22.7. The second kappa shape index (κ2) is 44.8. The number of nitrogens with one attached hydrogen (secondary N) is 9. The fourth-order valence-electron chi connectivity index (χ4n) is 9.01. The van der Waals surface area contributed by atoms with Gasteiger partial charge in [0.05, 0.1) is 18.6 Å². The molecule has 1 rings (SSSR count). The summed E-state index contributed by atoms with van der Waals surface area (Å²) in [5.41, 5.74) is 50.2. The number of carbonyl (C=O) groups is 13. The Morgan fingerprint density at radius 2 is 0.722 bits per heavy atom. The number of carboxylic acid groups (broad SMARTS) is 4. The molecule has 0 aromatic heterocycles. The summed E-state index contributed by atoms with van der Waals surface area (Å²) in [6, 6.07) is -8.69. The van der Waals surface area contributed by atoms with Crippen molar-refractivity contribution in [3.8, 4) is 0 Å². The Morgan fingerprint density at radius 3 is 1.10 bits per heavy atom. The van der Waals surface area contributed by atoms with Crippen molar-refractivity contribution in [1.29, 1.82) is 0 Å². The standard InChI is InChI=1S/C57H96N22O18/c1-28(2)25-37(49(92)77-38(26-30-11-5-4-6-12-30)51(94)79-43(29(3)80)52(95)75-36(53(96)97)18-20-41(83)84)76-50(93)39(27-42(85)86)78-47(90)34(16-10-24-70-57(65)66)72-46(89)33(15-9-23-69-56(63)64)73-48(91)35(17-19-40(81)82)74-45(88)32(14-8-22-68-55(61)62)71-44(87)31(58)13-7-21-67-54(59)60/h4-6,11-12,28-29,31-39,43,80H,7-10,13-27,58H2,1-3H3,(H,71,87)(H,72,89)(H,73,91)(H,74,88)(H,75,95)(H,76,93)(H,77,92)(H,78,90)(H,79,94)(H,81,82)(H,83,84)(H,85,86)(H,96,97)(H4,59,60,67)(H4,61,62,68)(H4,63,64,69)(H4,65,66,70)/t29-,31+,32+,33+,34+,35+,36+,37+,38+,39+,43+/m1/s1. The van der Waals surface area contributed by atoms with Crippen LogP contribution in [-0.4, -0.2) is 219 Å². The molecule has 0 saturated carbocycles. The minimum atomic E-state index is -2.04. The number of nitrogens with two attached hydrogens (primary N) is 9. The lowest BCUT2D eigenvalue weighted by Crippen LogP contribution is -2.61. The summed E-state index contributed by atoms with van der Waals surface area (Å²) in [5, 5.41) is 70.6. The van der Waals surface area contributed by atoms with E-state index in [1.54, 1.807) is 44.2 Å². The molecule has 0 aliphatic carbocycles. The molecule has 40 heteroatoms. The molecule has 0 unspecified atom stereocenters. The Bertz CT molecular complexity index is 2940. The van der Waals surface area contributed by atoms with Crippen LogP contribution < -0.4 is 99.5 Å². The number of aliphatic hydroxyl groups is 1. The van der Waals surface area contributed by atoms with Gasteiger partial charge < -0.3 is 125 Å². The second-order valence-corrected chi connectivity index (χ2v) is 22.7. The number of aliphatic imine (C=N–C) groups is 4. The van der Waals surface area contributed by atoms with Crippen LogP contribution in [0.2, 0.25) is 0 Å². The molecule has 1 aromatic carbocycles. The SMILES string of the molecule is CC(C)C[C@H](NC(=O)[C@H](CC(=O)O)NC(=O)[C@H](CCCN=C(N)N)NC(=O)[C@H](CCCN=C(N)N)NC(=O)[C@H](CCC(=O)O)NC(=O)[C@H](CCCN=C(N)N)NC(=O)[C@@H](N)CCCN=C(N)N)C(=O)N[C@@H](Cc1ccccc1)C(=O)N[C@H](C(=O)N[C@@H](CCC(=O)O)C(=O)O)[C@@H](C)O. The predicted molar refractivity (Wildman–Crippen MR) is 350 cm³/mol. The minimum Gasteiger partial charge on any atom is -0.481 e. The van der Waals surface area contributed by atoms with Gasteiger partial charge in [0.25, 0.3) is 0 Å².